The van der Waals surface area contributed by atoms with E-state index in [1.807, 2.05) is 0 Å². The van der Waals surface area contributed by atoms with Gasteiger partial charge in [-0.05, 0) is 65.1 Å². The minimum atomic E-state index is -4.04. The summed E-state index contributed by atoms with van der Waals surface area (Å²) in [5.74, 6) is -2.06. The number of nitrogens with one attached hydrogen (secondary N) is 1. The molecular weight excluding hydrogens is 507 g/mol. The van der Waals surface area contributed by atoms with Crippen LogP contribution in [0.3, 0.4) is 0 Å². The number of hydrogen-bond donors (Lipinski definition) is 1. The Kier molecular flexibility index (Phi) is 6.78. The second-order valence-corrected chi connectivity index (χ2v) is 13.1. The second kappa shape index (κ2) is 9.32. The third kappa shape index (κ3) is 4.91. The van der Waals surface area contributed by atoms with Crippen LogP contribution in [0.15, 0.2) is 42.7 Å². The van der Waals surface area contributed by atoms with Gasteiger partial charge in [-0.1, -0.05) is 0 Å². The third-order valence-corrected chi connectivity index (χ3v) is 8.89. The molecule has 1 amide bonds. The summed E-state index contributed by atoms with van der Waals surface area (Å²) in [7, 11) is -2.51. The van der Waals surface area contributed by atoms with Gasteiger partial charge in [0.25, 0.3) is 5.91 Å². The molecule has 2 atom stereocenters. The molecule has 0 saturated carbocycles. The molecule has 1 fully saturated rings. The van der Waals surface area contributed by atoms with Gasteiger partial charge in [0.1, 0.15) is 17.3 Å². The summed E-state index contributed by atoms with van der Waals surface area (Å²) >= 11 is 0. The Morgan fingerprint density at radius 2 is 1.95 bits per heavy atom. The van der Waals surface area contributed by atoms with E-state index in [-0.39, 0.29) is 30.8 Å². The van der Waals surface area contributed by atoms with Crippen molar-refractivity contribution in [1.82, 2.24) is 19.2 Å². The standard InChI is InChI=1S/C25H30F3N5O3S/c1-24(2,3)37(35,36)33(15-29-5)23(34)19-13-30-32-9-8-17(11-21(19)32)31-14-25(4,28)12-22(31)18-10-16(26)6-7-20(18)27/h6-11,13,22,29H,12,14-15H2,1-5H3. The predicted octanol–water partition coefficient (Wildman–Crippen LogP) is 4.04. The van der Waals surface area contributed by atoms with Crippen LogP contribution in [0.25, 0.3) is 5.52 Å². The van der Waals surface area contributed by atoms with Crippen LogP contribution >= 0.6 is 0 Å². The van der Waals surface area contributed by atoms with Crippen molar-refractivity contribution < 1.29 is 26.4 Å². The topological polar surface area (TPSA) is 87.0 Å². The van der Waals surface area contributed by atoms with Gasteiger partial charge in [0.2, 0.25) is 10.0 Å². The highest BCUT2D eigenvalue weighted by molar-refractivity contribution is 7.91. The summed E-state index contributed by atoms with van der Waals surface area (Å²) in [5, 5.41) is 6.90. The number of hydrogen-bond acceptors (Lipinski definition) is 6. The van der Waals surface area contributed by atoms with Gasteiger partial charge in [-0.3, -0.25) is 4.79 Å². The van der Waals surface area contributed by atoms with Crippen molar-refractivity contribution in [3.8, 4) is 0 Å². The number of alkyl halides is 1. The zero-order valence-electron chi connectivity index (χ0n) is 21.3. The highest BCUT2D eigenvalue weighted by Gasteiger charge is 2.43. The Morgan fingerprint density at radius 3 is 2.59 bits per heavy atom. The molecule has 0 radical (unpaired) electrons. The van der Waals surface area contributed by atoms with E-state index in [1.54, 1.807) is 23.2 Å². The molecule has 8 nitrogen and oxygen atoms in total. The molecule has 37 heavy (non-hydrogen) atoms. The molecule has 0 bridgehead atoms. The van der Waals surface area contributed by atoms with Crippen LogP contribution < -0.4 is 10.2 Å². The van der Waals surface area contributed by atoms with E-state index in [2.05, 4.69) is 10.4 Å². The van der Waals surface area contributed by atoms with Crippen LogP contribution in [0, 0.1) is 11.6 Å². The molecule has 1 aromatic carbocycles. The van der Waals surface area contributed by atoms with Gasteiger partial charge >= 0.3 is 0 Å². The van der Waals surface area contributed by atoms with Gasteiger partial charge < -0.3 is 10.2 Å². The lowest BCUT2D eigenvalue weighted by Crippen LogP contribution is -2.49. The van der Waals surface area contributed by atoms with Crippen LogP contribution in [0.1, 0.15) is 56.1 Å². The van der Waals surface area contributed by atoms with Crippen LogP contribution in [-0.2, 0) is 10.0 Å². The largest absolute Gasteiger partial charge is 0.361 e. The van der Waals surface area contributed by atoms with Gasteiger partial charge in [-0.2, -0.15) is 5.10 Å². The molecule has 200 valence electrons. The highest BCUT2D eigenvalue weighted by atomic mass is 32.2. The molecule has 1 aliphatic heterocycles. The van der Waals surface area contributed by atoms with Gasteiger partial charge in [0, 0.05) is 23.9 Å². The van der Waals surface area contributed by atoms with E-state index in [0.29, 0.717) is 11.2 Å². The fourth-order valence-electron chi connectivity index (χ4n) is 4.55. The summed E-state index contributed by atoms with van der Waals surface area (Å²) in [6.07, 6.45) is 2.76. The van der Waals surface area contributed by atoms with E-state index in [4.69, 9.17) is 0 Å². The number of halogens is 3. The Bertz CT molecular complexity index is 1450. The number of fused-ring (bicyclic) bond motifs is 1. The first-order chi connectivity index (χ1) is 17.2. The van der Waals surface area contributed by atoms with Crippen molar-refractivity contribution in [2.75, 3.05) is 25.2 Å². The Morgan fingerprint density at radius 1 is 1.24 bits per heavy atom. The maximum atomic E-state index is 15.2. The number of rotatable bonds is 6. The molecule has 0 aliphatic carbocycles. The van der Waals surface area contributed by atoms with Crippen molar-refractivity contribution >= 4 is 27.1 Å². The first kappa shape index (κ1) is 26.9. The van der Waals surface area contributed by atoms with Crippen molar-refractivity contribution in [2.45, 2.75) is 50.6 Å². The lowest BCUT2D eigenvalue weighted by atomic mass is 9.98. The zero-order chi connectivity index (χ0) is 27.3. The molecule has 2 aromatic heterocycles. The first-order valence-electron chi connectivity index (χ1n) is 11.8. The number of benzene rings is 1. The first-order valence-corrected chi connectivity index (χ1v) is 13.2. The summed E-state index contributed by atoms with van der Waals surface area (Å²) in [6.45, 7) is 5.56. The smallest absolute Gasteiger partial charge is 0.272 e. The molecule has 1 aliphatic rings. The van der Waals surface area contributed by atoms with Crippen molar-refractivity contribution in [2.24, 2.45) is 0 Å². The Balaban J connectivity index is 1.79. The van der Waals surface area contributed by atoms with Crippen LogP contribution in [0.2, 0.25) is 0 Å². The average Bonchev–Trinajstić information content (AvgIpc) is 3.37. The normalized spacial score (nSPS) is 20.5. The summed E-state index contributed by atoms with van der Waals surface area (Å²) in [5.41, 5.74) is -0.878. The summed E-state index contributed by atoms with van der Waals surface area (Å²) in [4.78, 5) is 15.1. The van der Waals surface area contributed by atoms with E-state index in [1.165, 1.54) is 45.5 Å². The van der Waals surface area contributed by atoms with Crippen LogP contribution in [0.5, 0.6) is 0 Å². The molecule has 3 heterocycles. The fraction of sp³-hybridized carbons (Fsp3) is 0.440. The Hall–Kier alpha value is -3.12. The molecular formula is C25H30F3N5O3S. The number of aromatic nitrogens is 2. The lowest BCUT2D eigenvalue weighted by molar-refractivity contribution is 0.0855. The quantitative estimate of drug-likeness (QED) is 0.478. The number of pyridine rings is 1. The highest BCUT2D eigenvalue weighted by Crippen LogP contribution is 2.44. The number of sulfonamides is 1. The van der Waals surface area contributed by atoms with Crippen LogP contribution in [0.4, 0.5) is 18.9 Å². The molecule has 12 heteroatoms. The van der Waals surface area contributed by atoms with Crippen molar-refractivity contribution in [3.05, 3.63) is 65.5 Å². The third-order valence-electron chi connectivity index (χ3n) is 6.47. The summed E-state index contributed by atoms with van der Waals surface area (Å²) in [6, 6.07) is 5.50. The molecule has 4 rings (SSSR count). The monoisotopic (exact) mass is 537 g/mol. The molecule has 1 N–H and O–H groups in total. The van der Waals surface area contributed by atoms with Gasteiger partial charge in [0.05, 0.1) is 41.3 Å². The van der Waals surface area contributed by atoms with Crippen molar-refractivity contribution in [3.63, 3.8) is 0 Å². The van der Waals surface area contributed by atoms with E-state index >= 15 is 4.39 Å². The van der Waals surface area contributed by atoms with E-state index in [0.717, 1.165) is 22.5 Å². The number of anilines is 1. The SMILES string of the molecule is CNCN(C(=O)c1cnn2ccc(N3CC(C)(F)CC3c3cc(F)ccc3F)cc12)S(=O)(=O)C(C)(C)C. The fourth-order valence-corrected chi connectivity index (χ4v) is 5.83. The molecule has 3 aromatic rings. The van der Waals surface area contributed by atoms with Crippen LogP contribution in [-0.4, -0.2) is 58.9 Å². The van der Waals surface area contributed by atoms with Crippen molar-refractivity contribution in [1.29, 1.82) is 0 Å². The molecule has 2 unspecified atom stereocenters. The lowest BCUT2D eigenvalue weighted by Gasteiger charge is -2.29. The average molecular weight is 538 g/mol. The van der Waals surface area contributed by atoms with Gasteiger partial charge in [-0.25, -0.2) is 30.4 Å². The van der Waals surface area contributed by atoms with Gasteiger partial charge in [-0.15, -0.1) is 0 Å². The number of nitrogens with zero attached hydrogens (tertiary/aromatic N) is 4. The Labute approximate surface area is 214 Å². The molecule has 0 spiro atoms. The van der Waals surface area contributed by atoms with E-state index in [9.17, 15) is 22.0 Å². The zero-order valence-corrected chi connectivity index (χ0v) is 22.1. The minimum Gasteiger partial charge on any atom is -0.361 e. The number of carbonyl (C=O) groups is 1. The molecule has 1 saturated heterocycles. The summed E-state index contributed by atoms with van der Waals surface area (Å²) < 4.78 is 71.0. The second-order valence-electron chi connectivity index (χ2n) is 10.5. The van der Waals surface area contributed by atoms with E-state index < -0.39 is 44.0 Å². The maximum absolute atomic E-state index is 15.2. The minimum absolute atomic E-state index is 0.0284. The maximum Gasteiger partial charge on any atom is 0.272 e. The number of carbonyl (C=O) groups excluding carboxylic acids is 1. The van der Waals surface area contributed by atoms with Gasteiger partial charge in [0.15, 0.2) is 0 Å². The predicted molar refractivity (Wildman–Crippen MR) is 135 cm³/mol. The number of amides is 1.